The summed E-state index contributed by atoms with van der Waals surface area (Å²) in [5, 5.41) is 3.28. The van der Waals surface area contributed by atoms with Crippen LogP contribution in [0.5, 0.6) is 0 Å². The highest BCUT2D eigenvalue weighted by Gasteiger charge is 2.22. The molecule has 2 aliphatic heterocycles. The molecule has 0 amide bonds. The van der Waals surface area contributed by atoms with Crippen LogP contribution in [-0.2, 0) is 6.54 Å². The van der Waals surface area contributed by atoms with Gasteiger partial charge in [-0.05, 0) is 43.6 Å². The molecule has 5 nitrogen and oxygen atoms in total. The molecule has 1 fully saturated rings. The van der Waals surface area contributed by atoms with Gasteiger partial charge in [-0.25, -0.2) is 4.99 Å². The SMILES string of the molecule is CCN1CCCC1CNC(N)=NCc1ccc(N2CC=CC2)cc1.I. The first kappa shape index (κ1) is 20.0. The highest BCUT2D eigenvalue weighted by atomic mass is 127. The van der Waals surface area contributed by atoms with Crippen LogP contribution in [0.1, 0.15) is 25.3 Å². The van der Waals surface area contributed by atoms with Crippen molar-refractivity contribution in [1.29, 1.82) is 0 Å². The fourth-order valence-corrected chi connectivity index (χ4v) is 3.50. The first-order valence-electron chi connectivity index (χ1n) is 9.03. The Morgan fingerprint density at radius 1 is 1.24 bits per heavy atom. The second kappa shape index (κ2) is 10.0. The minimum Gasteiger partial charge on any atom is -0.370 e. The number of nitrogens with zero attached hydrogens (tertiary/aromatic N) is 3. The first-order chi connectivity index (χ1) is 11.8. The van der Waals surface area contributed by atoms with E-state index < -0.39 is 0 Å². The molecule has 1 unspecified atom stereocenters. The maximum atomic E-state index is 6.02. The lowest BCUT2D eigenvalue weighted by atomic mass is 10.2. The Kier molecular flexibility index (Phi) is 8.02. The molecule has 1 saturated heterocycles. The van der Waals surface area contributed by atoms with Crippen LogP contribution >= 0.6 is 24.0 Å². The molecule has 0 spiro atoms. The van der Waals surface area contributed by atoms with Gasteiger partial charge in [-0.2, -0.15) is 0 Å². The van der Waals surface area contributed by atoms with E-state index in [0.29, 0.717) is 18.5 Å². The summed E-state index contributed by atoms with van der Waals surface area (Å²) in [5.74, 6) is 0.547. The third-order valence-electron chi connectivity index (χ3n) is 4.98. The Labute approximate surface area is 168 Å². The first-order valence-corrected chi connectivity index (χ1v) is 9.03. The van der Waals surface area contributed by atoms with Crippen LogP contribution < -0.4 is 16.0 Å². The maximum absolute atomic E-state index is 6.02. The van der Waals surface area contributed by atoms with Gasteiger partial charge < -0.3 is 16.0 Å². The molecule has 2 aliphatic rings. The third kappa shape index (κ3) is 5.60. The zero-order valence-corrected chi connectivity index (χ0v) is 17.4. The van der Waals surface area contributed by atoms with Gasteiger partial charge in [0.05, 0.1) is 6.54 Å². The molecule has 3 N–H and O–H groups in total. The van der Waals surface area contributed by atoms with Crippen molar-refractivity contribution in [3.63, 3.8) is 0 Å². The van der Waals surface area contributed by atoms with Crippen LogP contribution in [0, 0.1) is 0 Å². The topological polar surface area (TPSA) is 56.9 Å². The molecule has 138 valence electrons. The van der Waals surface area contributed by atoms with E-state index in [1.165, 1.54) is 30.6 Å². The smallest absolute Gasteiger partial charge is 0.188 e. The number of aliphatic imine (C=N–C) groups is 1. The highest BCUT2D eigenvalue weighted by Crippen LogP contribution is 2.18. The van der Waals surface area contributed by atoms with E-state index >= 15 is 0 Å². The van der Waals surface area contributed by atoms with Gasteiger partial charge in [0.15, 0.2) is 5.96 Å². The van der Waals surface area contributed by atoms with Crippen molar-refractivity contribution >= 4 is 35.6 Å². The molecule has 0 aliphatic carbocycles. The molecule has 1 aromatic rings. The molecular weight excluding hydrogens is 425 g/mol. The van der Waals surface area contributed by atoms with Gasteiger partial charge in [-0.15, -0.1) is 24.0 Å². The molecular formula is C19H30IN5. The van der Waals surface area contributed by atoms with E-state index in [-0.39, 0.29) is 24.0 Å². The zero-order valence-electron chi connectivity index (χ0n) is 15.0. The minimum absolute atomic E-state index is 0. The monoisotopic (exact) mass is 455 g/mol. The number of rotatable bonds is 6. The van der Waals surface area contributed by atoms with Crippen LogP contribution in [0.3, 0.4) is 0 Å². The number of halogens is 1. The average Bonchev–Trinajstić information content (AvgIpc) is 3.29. The van der Waals surface area contributed by atoms with E-state index in [4.69, 9.17) is 5.73 Å². The fourth-order valence-electron chi connectivity index (χ4n) is 3.50. The van der Waals surface area contributed by atoms with Crippen molar-refractivity contribution in [2.45, 2.75) is 32.4 Å². The Balaban J connectivity index is 0.00000225. The Morgan fingerprint density at radius 2 is 1.96 bits per heavy atom. The van der Waals surface area contributed by atoms with Gasteiger partial charge in [0.2, 0.25) is 0 Å². The van der Waals surface area contributed by atoms with E-state index in [0.717, 1.165) is 26.2 Å². The number of guanidine groups is 1. The summed E-state index contributed by atoms with van der Waals surface area (Å²) < 4.78 is 0. The summed E-state index contributed by atoms with van der Waals surface area (Å²) in [6.07, 6.45) is 6.94. The normalized spacial score (nSPS) is 20.8. The van der Waals surface area contributed by atoms with Crippen molar-refractivity contribution in [3.05, 3.63) is 42.0 Å². The second-order valence-electron chi connectivity index (χ2n) is 6.55. The summed E-state index contributed by atoms with van der Waals surface area (Å²) in [7, 11) is 0. The zero-order chi connectivity index (χ0) is 16.8. The van der Waals surface area contributed by atoms with Crippen LogP contribution in [0.2, 0.25) is 0 Å². The second-order valence-corrected chi connectivity index (χ2v) is 6.55. The predicted octanol–water partition coefficient (Wildman–Crippen LogP) is 2.57. The van der Waals surface area contributed by atoms with E-state index in [2.05, 4.69) is 63.5 Å². The van der Waals surface area contributed by atoms with Crippen molar-refractivity contribution in [1.82, 2.24) is 10.2 Å². The van der Waals surface area contributed by atoms with E-state index in [9.17, 15) is 0 Å². The molecule has 6 heteroatoms. The Morgan fingerprint density at radius 3 is 2.64 bits per heavy atom. The number of benzene rings is 1. The number of anilines is 1. The molecule has 1 atom stereocenters. The lowest BCUT2D eigenvalue weighted by Crippen LogP contribution is -2.42. The molecule has 0 bridgehead atoms. The minimum atomic E-state index is 0. The number of hydrogen-bond acceptors (Lipinski definition) is 3. The van der Waals surface area contributed by atoms with Gasteiger partial charge in [-0.3, -0.25) is 4.90 Å². The number of likely N-dealkylation sites (tertiary alicyclic amines) is 1. The average molecular weight is 455 g/mol. The quantitative estimate of drug-likeness (QED) is 0.300. The summed E-state index contributed by atoms with van der Waals surface area (Å²) in [4.78, 5) is 9.32. The van der Waals surface area contributed by atoms with E-state index in [1.54, 1.807) is 0 Å². The molecule has 1 aromatic carbocycles. The predicted molar refractivity (Wildman–Crippen MR) is 117 cm³/mol. The van der Waals surface area contributed by atoms with Crippen molar-refractivity contribution in [3.8, 4) is 0 Å². The molecule has 0 aromatic heterocycles. The van der Waals surface area contributed by atoms with Gasteiger partial charge in [0, 0.05) is 31.4 Å². The highest BCUT2D eigenvalue weighted by molar-refractivity contribution is 14.0. The summed E-state index contributed by atoms with van der Waals surface area (Å²) >= 11 is 0. The lowest BCUT2D eigenvalue weighted by molar-refractivity contribution is 0.267. The fraction of sp³-hybridized carbons (Fsp3) is 0.526. The van der Waals surface area contributed by atoms with Crippen molar-refractivity contribution in [2.24, 2.45) is 10.7 Å². The number of nitrogens with one attached hydrogen (secondary N) is 1. The molecule has 25 heavy (non-hydrogen) atoms. The van der Waals surface area contributed by atoms with Crippen LogP contribution in [-0.4, -0.2) is 49.6 Å². The third-order valence-corrected chi connectivity index (χ3v) is 4.98. The number of nitrogens with two attached hydrogens (primary N) is 1. The van der Waals surface area contributed by atoms with Crippen LogP contribution in [0.4, 0.5) is 5.69 Å². The van der Waals surface area contributed by atoms with Crippen LogP contribution in [0.25, 0.3) is 0 Å². The number of hydrogen-bond donors (Lipinski definition) is 2. The largest absolute Gasteiger partial charge is 0.370 e. The molecule has 3 rings (SSSR count). The lowest BCUT2D eigenvalue weighted by Gasteiger charge is -2.23. The van der Waals surface area contributed by atoms with Gasteiger partial charge in [0.1, 0.15) is 0 Å². The Hall–Kier alpha value is -1.28. The molecule has 2 heterocycles. The van der Waals surface area contributed by atoms with Gasteiger partial charge in [-0.1, -0.05) is 31.2 Å². The Bertz CT molecular complexity index is 576. The van der Waals surface area contributed by atoms with Gasteiger partial charge >= 0.3 is 0 Å². The van der Waals surface area contributed by atoms with Gasteiger partial charge in [0.25, 0.3) is 0 Å². The van der Waals surface area contributed by atoms with Crippen molar-refractivity contribution < 1.29 is 0 Å². The molecule has 0 saturated carbocycles. The summed E-state index contributed by atoms with van der Waals surface area (Å²) in [5.41, 5.74) is 8.47. The summed E-state index contributed by atoms with van der Waals surface area (Å²) in [6.45, 7) is 8.07. The van der Waals surface area contributed by atoms with Crippen LogP contribution in [0.15, 0.2) is 41.4 Å². The standard InChI is InChI=1S/C19H29N5.HI/c1-2-23-13-5-6-18(23)15-22-19(20)21-14-16-7-9-17(10-8-16)24-11-3-4-12-24;/h3-4,7-10,18H,2,5-6,11-15H2,1H3,(H3,20,21,22);1H. The summed E-state index contributed by atoms with van der Waals surface area (Å²) in [6, 6.07) is 9.20. The number of likely N-dealkylation sites (N-methyl/N-ethyl adjacent to an activating group) is 1. The van der Waals surface area contributed by atoms with Crippen molar-refractivity contribution in [2.75, 3.05) is 37.6 Å². The molecule has 0 radical (unpaired) electrons. The maximum Gasteiger partial charge on any atom is 0.188 e. The van der Waals surface area contributed by atoms with E-state index in [1.807, 2.05) is 0 Å².